The molecule has 0 aromatic carbocycles. The molecule has 13 atom stereocenters. The Balaban J connectivity index is 1.29. The highest BCUT2D eigenvalue weighted by Gasteiger charge is 2.71. The summed E-state index contributed by atoms with van der Waals surface area (Å²) in [5.41, 5.74) is 7.72. The SMILES string of the molecule is C[C@@H]1CC[C@@]2(OC1)O[C@@H]1C[C@@H]3[C@@H]4CC[C@H]5C[C@H](O)CC[C@]5(C)[C@@H]4C[C@H](N)[C@]3(C)[C@H]1[C@@H]2C. The van der Waals surface area contributed by atoms with Gasteiger partial charge in [-0.3, -0.25) is 0 Å². The molecule has 3 N–H and O–H groups in total. The van der Waals surface area contributed by atoms with Crippen molar-refractivity contribution in [3.8, 4) is 0 Å². The van der Waals surface area contributed by atoms with Crippen LogP contribution in [0, 0.1) is 52.3 Å². The van der Waals surface area contributed by atoms with E-state index in [0.717, 1.165) is 37.7 Å². The van der Waals surface area contributed by atoms with Crippen LogP contribution in [0.1, 0.15) is 85.5 Å². The maximum absolute atomic E-state index is 10.3. The minimum atomic E-state index is -0.352. The predicted molar refractivity (Wildman–Crippen MR) is 121 cm³/mol. The van der Waals surface area contributed by atoms with Crippen LogP contribution in [0.15, 0.2) is 0 Å². The molecule has 176 valence electrons. The number of hydrogen-bond donors (Lipinski definition) is 2. The number of aliphatic hydroxyl groups is 1. The van der Waals surface area contributed by atoms with Crippen molar-refractivity contribution in [2.24, 2.45) is 58.0 Å². The van der Waals surface area contributed by atoms with Crippen LogP contribution in [0.4, 0.5) is 0 Å². The molecule has 2 aliphatic heterocycles. The average Bonchev–Trinajstić information content (AvgIpc) is 3.18. The average molecular weight is 432 g/mol. The monoisotopic (exact) mass is 431 g/mol. The molecule has 4 aliphatic carbocycles. The molecule has 0 aromatic heterocycles. The minimum Gasteiger partial charge on any atom is -0.393 e. The van der Waals surface area contributed by atoms with Crippen LogP contribution in [0.25, 0.3) is 0 Å². The summed E-state index contributed by atoms with van der Waals surface area (Å²) >= 11 is 0. The van der Waals surface area contributed by atoms with Gasteiger partial charge < -0.3 is 20.3 Å². The van der Waals surface area contributed by atoms with Gasteiger partial charge in [0.2, 0.25) is 0 Å². The zero-order valence-electron chi connectivity index (χ0n) is 20.2. The van der Waals surface area contributed by atoms with Gasteiger partial charge in [0.15, 0.2) is 5.79 Å². The molecule has 0 radical (unpaired) electrons. The lowest BCUT2D eigenvalue weighted by molar-refractivity contribution is -0.273. The number of hydrogen-bond acceptors (Lipinski definition) is 4. The third-order valence-corrected chi connectivity index (χ3v) is 12.1. The Morgan fingerprint density at radius 1 is 0.935 bits per heavy atom. The first-order chi connectivity index (χ1) is 14.7. The molecule has 1 spiro atoms. The first kappa shape index (κ1) is 21.4. The number of fused-ring (bicyclic) bond motifs is 7. The second kappa shape index (κ2) is 6.93. The van der Waals surface area contributed by atoms with E-state index in [1.165, 1.54) is 38.5 Å². The van der Waals surface area contributed by atoms with Crippen molar-refractivity contribution in [3.63, 3.8) is 0 Å². The van der Waals surface area contributed by atoms with Crippen LogP contribution in [0.5, 0.6) is 0 Å². The Kier molecular flexibility index (Phi) is 4.78. The fraction of sp³-hybridized carbons (Fsp3) is 1.00. The lowest BCUT2D eigenvalue weighted by Crippen LogP contribution is -2.61. The predicted octanol–water partition coefficient (Wildman–Crippen LogP) is 4.73. The zero-order valence-corrected chi connectivity index (χ0v) is 20.2. The van der Waals surface area contributed by atoms with Crippen LogP contribution < -0.4 is 5.73 Å². The second-order valence-corrected chi connectivity index (χ2v) is 13.3. The normalized spacial score (nSPS) is 63.3. The summed E-state index contributed by atoms with van der Waals surface area (Å²) in [6.07, 6.45) is 10.7. The summed E-state index contributed by atoms with van der Waals surface area (Å²) in [6, 6.07) is 0.250. The van der Waals surface area contributed by atoms with Gasteiger partial charge in [-0.15, -0.1) is 0 Å². The Morgan fingerprint density at radius 3 is 2.48 bits per heavy atom. The summed E-state index contributed by atoms with van der Waals surface area (Å²) in [7, 11) is 0. The molecule has 0 bridgehead atoms. The summed E-state index contributed by atoms with van der Waals surface area (Å²) in [5.74, 6) is 4.13. The van der Waals surface area contributed by atoms with E-state index in [-0.39, 0.29) is 23.3 Å². The first-order valence-corrected chi connectivity index (χ1v) is 13.4. The van der Waals surface area contributed by atoms with Crippen molar-refractivity contribution >= 4 is 0 Å². The third kappa shape index (κ3) is 2.74. The van der Waals surface area contributed by atoms with Crippen molar-refractivity contribution in [2.45, 2.75) is 110 Å². The van der Waals surface area contributed by atoms with E-state index in [1.807, 2.05) is 0 Å². The molecule has 4 heteroatoms. The molecule has 6 rings (SSSR count). The van der Waals surface area contributed by atoms with E-state index in [0.29, 0.717) is 41.1 Å². The van der Waals surface area contributed by atoms with Gasteiger partial charge in [0, 0.05) is 24.3 Å². The van der Waals surface area contributed by atoms with Crippen molar-refractivity contribution in [1.82, 2.24) is 0 Å². The van der Waals surface area contributed by atoms with E-state index in [9.17, 15) is 5.11 Å². The van der Waals surface area contributed by atoms with Crippen molar-refractivity contribution in [2.75, 3.05) is 6.61 Å². The fourth-order valence-corrected chi connectivity index (χ4v) is 10.3. The lowest BCUT2D eigenvalue weighted by atomic mass is 9.43. The Bertz CT molecular complexity index is 719. The highest BCUT2D eigenvalue weighted by Crippen LogP contribution is 2.71. The van der Waals surface area contributed by atoms with Crippen LogP contribution in [-0.4, -0.2) is 35.8 Å². The fourth-order valence-electron chi connectivity index (χ4n) is 10.3. The van der Waals surface area contributed by atoms with Gasteiger partial charge >= 0.3 is 0 Å². The van der Waals surface area contributed by atoms with E-state index in [2.05, 4.69) is 27.7 Å². The van der Waals surface area contributed by atoms with Crippen LogP contribution in [-0.2, 0) is 9.47 Å². The Hall–Kier alpha value is -0.160. The third-order valence-electron chi connectivity index (χ3n) is 12.1. The molecule has 6 fully saturated rings. The maximum Gasteiger partial charge on any atom is 0.171 e. The molecule has 0 unspecified atom stereocenters. The largest absolute Gasteiger partial charge is 0.393 e. The van der Waals surface area contributed by atoms with Crippen molar-refractivity contribution in [3.05, 3.63) is 0 Å². The second-order valence-electron chi connectivity index (χ2n) is 13.3. The Labute approximate surface area is 189 Å². The van der Waals surface area contributed by atoms with Crippen LogP contribution in [0.3, 0.4) is 0 Å². The first-order valence-electron chi connectivity index (χ1n) is 13.4. The van der Waals surface area contributed by atoms with E-state index in [1.54, 1.807) is 0 Å². The van der Waals surface area contributed by atoms with Crippen molar-refractivity contribution < 1.29 is 14.6 Å². The highest BCUT2D eigenvalue weighted by molar-refractivity contribution is 5.18. The van der Waals surface area contributed by atoms with Gasteiger partial charge in [0.25, 0.3) is 0 Å². The molecule has 31 heavy (non-hydrogen) atoms. The molecule has 4 nitrogen and oxygen atoms in total. The van der Waals surface area contributed by atoms with E-state index < -0.39 is 0 Å². The van der Waals surface area contributed by atoms with Gasteiger partial charge in [0.05, 0.1) is 18.8 Å². The standard InChI is InChI=1S/C27H45NO3/c1-15-7-10-27(30-14-15)16(2)24-22(31-27)12-21-19-6-5-17-11-18(29)8-9-25(17,3)20(19)13-23(28)26(21,24)4/h15-24,29H,5-14,28H2,1-4H3/t15-,16+,17+,18-,19-,20-,21-,22-,23+,24+,25+,26-,27-/m1/s1. The minimum absolute atomic E-state index is 0.0772. The number of nitrogens with two attached hydrogens (primary N) is 1. The molecule has 6 aliphatic rings. The molecular formula is C27H45NO3. The van der Waals surface area contributed by atoms with E-state index in [4.69, 9.17) is 15.2 Å². The lowest BCUT2D eigenvalue weighted by Gasteiger charge is -2.62. The van der Waals surface area contributed by atoms with E-state index >= 15 is 0 Å². The Morgan fingerprint density at radius 2 is 1.74 bits per heavy atom. The summed E-state index contributed by atoms with van der Waals surface area (Å²) in [6.45, 7) is 10.6. The topological polar surface area (TPSA) is 64.7 Å². The maximum atomic E-state index is 10.3. The molecular weight excluding hydrogens is 386 g/mol. The molecule has 0 aromatic rings. The zero-order chi connectivity index (χ0) is 21.8. The molecule has 0 amide bonds. The number of ether oxygens (including phenoxy) is 2. The number of aliphatic hydroxyl groups excluding tert-OH is 1. The van der Waals surface area contributed by atoms with Crippen LogP contribution >= 0.6 is 0 Å². The molecule has 2 saturated heterocycles. The summed E-state index contributed by atoms with van der Waals surface area (Å²) in [4.78, 5) is 0. The molecule has 2 heterocycles. The smallest absolute Gasteiger partial charge is 0.171 e. The highest BCUT2D eigenvalue weighted by atomic mass is 16.7. The van der Waals surface area contributed by atoms with Crippen molar-refractivity contribution in [1.29, 1.82) is 0 Å². The van der Waals surface area contributed by atoms with Gasteiger partial charge in [0.1, 0.15) is 0 Å². The summed E-state index contributed by atoms with van der Waals surface area (Å²) in [5, 5.41) is 10.3. The van der Waals surface area contributed by atoms with Gasteiger partial charge in [-0.05, 0) is 91.8 Å². The van der Waals surface area contributed by atoms with Gasteiger partial charge in [-0.25, -0.2) is 0 Å². The molecule has 4 saturated carbocycles. The van der Waals surface area contributed by atoms with Gasteiger partial charge in [-0.1, -0.05) is 27.7 Å². The van der Waals surface area contributed by atoms with Gasteiger partial charge in [-0.2, -0.15) is 0 Å². The van der Waals surface area contributed by atoms with Crippen LogP contribution in [0.2, 0.25) is 0 Å². The summed E-state index contributed by atoms with van der Waals surface area (Å²) < 4.78 is 13.4. The quantitative estimate of drug-likeness (QED) is 0.582. The number of rotatable bonds is 0.